The Hall–Kier alpha value is -5.70. The fourth-order valence-corrected chi connectivity index (χ4v) is 6.92. The minimum absolute atomic E-state index is 0.283. The molecule has 2 nitrogen and oxygen atoms in total. The zero-order valence-corrected chi connectivity index (χ0v) is 25.5. The zero-order chi connectivity index (χ0) is 30.9. The molecule has 0 spiro atoms. The van der Waals surface area contributed by atoms with Gasteiger partial charge in [-0.2, -0.15) is 0 Å². The molecule has 3 N–H and O–H groups in total. The molecule has 8 aromatic rings. The van der Waals surface area contributed by atoms with E-state index in [0.717, 1.165) is 16.8 Å². The van der Waals surface area contributed by atoms with Gasteiger partial charge in [0.15, 0.2) is 0 Å². The van der Waals surface area contributed by atoms with Crippen LogP contribution in [0.15, 0.2) is 170 Å². The lowest BCUT2D eigenvalue weighted by Gasteiger charge is -2.21. The summed E-state index contributed by atoms with van der Waals surface area (Å²) in [6, 6.07) is 58.1. The maximum atomic E-state index is 6.92. The van der Waals surface area contributed by atoms with Gasteiger partial charge in [-0.05, 0) is 77.5 Å². The van der Waals surface area contributed by atoms with Crippen LogP contribution in [0.3, 0.4) is 0 Å². The smallest absolute Gasteiger partial charge is 0.0504 e. The van der Waals surface area contributed by atoms with Gasteiger partial charge in [0.1, 0.15) is 0 Å². The summed E-state index contributed by atoms with van der Waals surface area (Å²) in [5.74, 6) is 0. The van der Waals surface area contributed by atoms with Crippen molar-refractivity contribution in [3.05, 3.63) is 187 Å². The zero-order valence-electron chi connectivity index (χ0n) is 25.5. The van der Waals surface area contributed by atoms with Gasteiger partial charge in [0.25, 0.3) is 0 Å². The number of rotatable bonds is 7. The molecule has 0 aliphatic carbocycles. The van der Waals surface area contributed by atoms with Crippen LogP contribution in [0.25, 0.3) is 59.9 Å². The highest BCUT2D eigenvalue weighted by molar-refractivity contribution is 6.14. The average Bonchev–Trinajstić information content (AvgIpc) is 3.12. The number of hydrogen-bond acceptors (Lipinski definition) is 2. The highest BCUT2D eigenvalue weighted by atomic mass is 14.9. The van der Waals surface area contributed by atoms with Crippen molar-refractivity contribution in [2.24, 2.45) is 5.73 Å². The number of nitrogens with two attached hydrogens (primary N) is 1. The summed E-state index contributed by atoms with van der Waals surface area (Å²) in [5, 5.41) is 13.9. The molecule has 0 radical (unpaired) electrons. The highest BCUT2D eigenvalue weighted by Crippen LogP contribution is 2.37. The van der Waals surface area contributed by atoms with E-state index in [1.54, 1.807) is 0 Å². The SMILES string of the molecule is NC(/C=C(\NCc1c2ccccc2cc2ccc3ccccc3c12)c1ccccc1-c1cccc2ccccc12)c1ccccc1. The van der Waals surface area contributed by atoms with E-state index in [1.165, 1.54) is 59.8 Å². The molecule has 0 heterocycles. The maximum absolute atomic E-state index is 6.92. The van der Waals surface area contributed by atoms with Gasteiger partial charge in [-0.25, -0.2) is 0 Å². The summed E-state index contributed by atoms with van der Waals surface area (Å²) in [6.07, 6.45) is 2.19. The van der Waals surface area contributed by atoms with Gasteiger partial charge in [-0.3, -0.25) is 0 Å². The average molecular weight is 591 g/mol. The molecule has 8 aromatic carbocycles. The van der Waals surface area contributed by atoms with Crippen LogP contribution in [-0.2, 0) is 6.54 Å². The molecule has 46 heavy (non-hydrogen) atoms. The molecule has 0 aliphatic heterocycles. The summed E-state index contributed by atoms with van der Waals surface area (Å²) < 4.78 is 0. The lowest BCUT2D eigenvalue weighted by atomic mass is 9.91. The summed E-state index contributed by atoms with van der Waals surface area (Å²) >= 11 is 0. The Morgan fingerprint density at radius 1 is 0.522 bits per heavy atom. The molecule has 0 saturated heterocycles. The molecule has 1 atom stereocenters. The van der Waals surface area contributed by atoms with E-state index in [9.17, 15) is 0 Å². The van der Waals surface area contributed by atoms with E-state index in [-0.39, 0.29) is 6.04 Å². The van der Waals surface area contributed by atoms with Crippen molar-refractivity contribution in [1.82, 2.24) is 5.32 Å². The van der Waals surface area contributed by atoms with Gasteiger partial charge in [-0.1, -0.05) is 158 Å². The van der Waals surface area contributed by atoms with Gasteiger partial charge in [-0.15, -0.1) is 0 Å². The first kappa shape index (κ1) is 27.8. The predicted molar refractivity (Wildman–Crippen MR) is 197 cm³/mol. The van der Waals surface area contributed by atoms with Gasteiger partial charge in [0.2, 0.25) is 0 Å². The Labute approximate surface area is 269 Å². The summed E-state index contributed by atoms with van der Waals surface area (Å²) in [6.45, 7) is 0.642. The Balaban J connectivity index is 1.31. The van der Waals surface area contributed by atoms with Gasteiger partial charge >= 0.3 is 0 Å². The number of benzene rings is 8. The Morgan fingerprint density at radius 2 is 1.11 bits per heavy atom. The molecule has 0 aromatic heterocycles. The third kappa shape index (κ3) is 5.09. The summed E-state index contributed by atoms with van der Waals surface area (Å²) in [4.78, 5) is 0. The van der Waals surface area contributed by atoms with Crippen molar-refractivity contribution in [2.45, 2.75) is 12.6 Å². The highest BCUT2D eigenvalue weighted by Gasteiger charge is 2.16. The van der Waals surface area contributed by atoms with Crippen molar-refractivity contribution in [2.75, 3.05) is 0 Å². The Morgan fingerprint density at radius 3 is 1.93 bits per heavy atom. The third-order valence-electron chi connectivity index (χ3n) is 9.14. The van der Waals surface area contributed by atoms with Crippen LogP contribution in [-0.4, -0.2) is 0 Å². The molecule has 2 heteroatoms. The van der Waals surface area contributed by atoms with Crippen LogP contribution in [0.5, 0.6) is 0 Å². The topological polar surface area (TPSA) is 38.0 Å². The monoisotopic (exact) mass is 590 g/mol. The molecule has 0 aliphatic rings. The van der Waals surface area contributed by atoms with Crippen molar-refractivity contribution in [3.8, 4) is 11.1 Å². The molecule has 0 amide bonds. The van der Waals surface area contributed by atoms with Crippen LogP contribution < -0.4 is 11.1 Å². The van der Waals surface area contributed by atoms with Crippen LogP contribution in [0.2, 0.25) is 0 Å². The molecular weight excluding hydrogens is 556 g/mol. The lowest BCUT2D eigenvalue weighted by molar-refractivity contribution is 0.866. The molecule has 0 fully saturated rings. The summed E-state index contributed by atoms with van der Waals surface area (Å²) in [5.41, 5.74) is 13.8. The van der Waals surface area contributed by atoms with Gasteiger partial charge in [0, 0.05) is 17.8 Å². The number of hydrogen-bond donors (Lipinski definition) is 2. The standard InChI is InChI=1S/C44H34N2/c45-42(32-15-2-1-3-16-32)28-43(40-23-11-10-22-39(40)38-24-12-18-30-13-4-7-19-35(30)38)46-29-41-36-20-8-6-17-33(36)27-34-26-25-31-14-5-9-21-37(31)44(34)41/h1-28,42,46H,29,45H2/b43-28-. The minimum Gasteiger partial charge on any atom is -0.381 e. The molecule has 8 rings (SSSR count). The molecule has 220 valence electrons. The van der Waals surface area contributed by atoms with Crippen molar-refractivity contribution >= 4 is 48.8 Å². The first-order valence-electron chi connectivity index (χ1n) is 15.9. The molecule has 0 bridgehead atoms. The fourth-order valence-electron chi connectivity index (χ4n) is 6.92. The second-order valence-corrected chi connectivity index (χ2v) is 11.9. The number of nitrogens with one attached hydrogen (secondary N) is 1. The minimum atomic E-state index is -0.283. The number of fused-ring (bicyclic) bond motifs is 5. The van der Waals surface area contributed by atoms with E-state index in [2.05, 4.69) is 157 Å². The fraction of sp³-hybridized carbons (Fsp3) is 0.0455. The van der Waals surface area contributed by atoms with Crippen LogP contribution in [0.1, 0.15) is 22.7 Å². The van der Waals surface area contributed by atoms with E-state index >= 15 is 0 Å². The van der Waals surface area contributed by atoms with Gasteiger partial charge < -0.3 is 11.1 Å². The van der Waals surface area contributed by atoms with Crippen molar-refractivity contribution < 1.29 is 0 Å². The second kappa shape index (κ2) is 12.0. The van der Waals surface area contributed by atoms with E-state index in [4.69, 9.17) is 5.73 Å². The predicted octanol–water partition coefficient (Wildman–Crippen LogP) is 10.8. The largest absolute Gasteiger partial charge is 0.381 e. The quantitative estimate of drug-likeness (QED) is 0.143. The van der Waals surface area contributed by atoms with Crippen molar-refractivity contribution in [1.29, 1.82) is 0 Å². The second-order valence-electron chi connectivity index (χ2n) is 11.9. The first-order chi connectivity index (χ1) is 22.7. The van der Waals surface area contributed by atoms with Crippen LogP contribution in [0, 0.1) is 0 Å². The lowest BCUT2D eigenvalue weighted by Crippen LogP contribution is -2.17. The van der Waals surface area contributed by atoms with E-state index in [0.29, 0.717) is 6.54 Å². The van der Waals surface area contributed by atoms with E-state index in [1.807, 2.05) is 18.2 Å². The third-order valence-corrected chi connectivity index (χ3v) is 9.14. The normalized spacial score (nSPS) is 12.6. The molecule has 1 unspecified atom stereocenters. The van der Waals surface area contributed by atoms with Crippen LogP contribution >= 0.6 is 0 Å². The Bertz CT molecular complexity index is 2380. The molecule has 0 saturated carbocycles. The van der Waals surface area contributed by atoms with E-state index < -0.39 is 0 Å². The maximum Gasteiger partial charge on any atom is 0.0504 e. The van der Waals surface area contributed by atoms with Gasteiger partial charge in [0.05, 0.1) is 6.04 Å². The first-order valence-corrected chi connectivity index (χ1v) is 15.9. The Kier molecular flexibility index (Phi) is 7.26. The molecular formula is C44H34N2. The summed E-state index contributed by atoms with van der Waals surface area (Å²) in [7, 11) is 0. The van der Waals surface area contributed by atoms with Crippen LogP contribution in [0.4, 0.5) is 0 Å². The van der Waals surface area contributed by atoms with Crippen molar-refractivity contribution in [3.63, 3.8) is 0 Å².